The number of unbranched alkanes of at least 4 members (excludes halogenated alkanes) is 5. The van der Waals surface area contributed by atoms with Crippen LogP contribution < -0.4 is 5.32 Å². The van der Waals surface area contributed by atoms with Gasteiger partial charge < -0.3 is 19.9 Å². The van der Waals surface area contributed by atoms with E-state index in [1.54, 1.807) is 0 Å². The Bertz CT molecular complexity index is 222. The predicted molar refractivity (Wildman–Crippen MR) is 88.8 cm³/mol. The molecule has 1 unspecified atom stereocenters. The van der Waals surface area contributed by atoms with E-state index < -0.39 is 6.10 Å². The van der Waals surface area contributed by atoms with Crippen molar-refractivity contribution in [3.63, 3.8) is 0 Å². The number of ether oxygens (including phenoxy) is 2. The molecule has 1 atom stereocenters. The van der Waals surface area contributed by atoms with Gasteiger partial charge in [-0.2, -0.15) is 0 Å². The third-order valence-electron chi connectivity index (χ3n) is 3.42. The van der Waals surface area contributed by atoms with E-state index in [4.69, 9.17) is 9.47 Å². The molecule has 0 fully saturated rings. The van der Waals surface area contributed by atoms with Gasteiger partial charge in [0.1, 0.15) is 0 Å². The second kappa shape index (κ2) is 13.5. The lowest BCUT2D eigenvalue weighted by molar-refractivity contribution is -0.0136. The topological polar surface area (TPSA) is 50.7 Å². The minimum Gasteiger partial charge on any atom is -0.389 e. The highest BCUT2D eigenvalue weighted by Crippen LogP contribution is 2.07. The molecule has 0 radical (unpaired) electrons. The summed E-state index contributed by atoms with van der Waals surface area (Å²) in [5, 5.41) is 13.1. The Morgan fingerprint density at radius 2 is 1.71 bits per heavy atom. The number of nitrogens with one attached hydrogen (secondary N) is 1. The molecule has 0 aromatic rings. The summed E-state index contributed by atoms with van der Waals surface area (Å²) in [6.45, 7) is 11.5. The first-order valence-electron chi connectivity index (χ1n) is 8.62. The van der Waals surface area contributed by atoms with Crippen molar-refractivity contribution >= 4 is 0 Å². The van der Waals surface area contributed by atoms with Gasteiger partial charge in [-0.25, -0.2) is 0 Å². The zero-order valence-electron chi connectivity index (χ0n) is 14.6. The van der Waals surface area contributed by atoms with Crippen LogP contribution in [0.5, 0.6) is 0 Å². The second-order valence-corrected chi connectivity index (χ2v) is 6.32. The second-order valence-electron chi connectivity index (χ2n) is 6.32. The van der Waals surface area contributed by atoms with Gasteiger partial charge in [0.25, 0.3) is 0 Å². The number of hydrogen-bond donors (Lipinski definition) is 2. The van der Waals surface area contributed by atoms with E-state index >= 15 is 0 Å². The minimum absolute atomic E-state index is 0.187. The van der Waals surface area contributed by atoms with Crippen LogP contribution in [0.2, 0.25) is 0 Å². The first-order valence-corrected chi connectivity index (χ1v) is 8.62. The summed E-state index contributed by atoms with van der Waals surface area (Å²) in [6.07, 6.45) is 7.14. The van der Waals surface area contributed by atoms with Crippen LogP contribution in [-0.2, 0) is 9.47 Å². The molecule has 0 aromatic carbocycles. The molecule has 0 saturated carbocycles. The molecule has 0 bridgehead atoms. The first kappa shape index (κ1) is 20.8. The normalized spacial score (nSPS) is 13.6. The molecule has 0 heterocycles. The van der Waals surface area contributed by atoms with E-state index in [-0.39, 0.29) is 5.60 Å². The number of rotatable bonds is 15. The van der Waals surface area contributed by atoms with Gasteiger partial charge in [0.2, 0.25) is 0 Å². The van der Waals surface area contributed by atoms with Gasteiger partial charge in [-0.05, 0) is 27.2 Å². The van der Waals surface area contributed by atoms with E-state index in [1.165, 1.54) is 32.1 Å². The van der Waals surface area contributed by atoms with Crippen molar-refractivity contribution in [3.8, 4) is 0 Å². The average Bonchev–Trinajstić information content (AvgIpc) is 2.41. The van der Waals surface area contributed by atoms with Crippen molar-refractivity contribution < 1.29 is 14.6 Å². The highest BCUT2D eigenvalue weighted by atomic mass is 16.5. The van der Waals surface area contributed by atoms with Crippen molar-refractivity contribution in [1.82, 2.24) is 5.32 Å². The molecule has 4 nitrogen and oxygen atoms in total. The summed E-state index contributed by atoms with van der Waals surface area (Å²) in [4.78, 5) is 0. The molecular weight excluding hydrogens is 266 g/mol. The molecule has 0 rings (SSSR count). The Morgan fingerprint density at radius 3 is 2.38 bits per heavy atom. The molecule has 0 aliphatic carbocycles. The fourth-order valence-corrected chi connectivity index (χ4v) is 2.24. The number of aliphatic hydroxyl groups excluding tert-OH is 1. The fourth-order valence-electron chi connectivity index (χ4n) is 2.24. The fraction of sp³-hybridized carbons (Fsp3) is 1.00. The molecule has 21 heavy (non-hydrogen) atoms. The van der Waals surface area contributed by atoms with Gasteiger partial charge in [0.15, 0.2) is 0 Å². The van der Waals surface area contributed by atoms with Crippen LogP contribution in [0.3, 0.4) is 0 Å². The van der Waals surface area contributed by atoms with Crippen molar-refractivity contribution in [2.24, 2.45) is 0 Å². The smallest absolute Gasteiger partial charge is 0.0897 e. The van der Waals surface area contributed by atoms with Crippen LogP contribution >= 0.6 is 0 Å². The standard InChI is InChI=1S/C17H37NO3/c1-5-7-8-9-10-11-12-20-14-16(19)13-18-15-17(3,4)21-6-2/h16,18-19H,5-15H2,1-4H3. The molecule has 0 aliphatic heterocycles. The highest BCUT2D eigenvalue weighted by Gasteiger charge is 2.17. The molecule has 4 heteroatoms. The SMILES string of the molecule is CCCCCCCCOCC(O)CNCC(C)(C)OCC. The first-order chi connectivity index (χ1) is 10.0. The van der Waals surface area contributed by atoms with E-state index in [9.17, 15) is 5.11 Å². The van der Waals surface area contributed by atoms with Crippen LogP contribution in [0, 0.1) is 0 Å². The Hall–Kier alpha value is -0.160. The van der Waals surface area contributed by atoms with Gasteiger partial charge in [-0.15, -0.1) is 0 Å². The summed E-state index contributed by atoms with van der Waals surface area (Å²) in [7, 11) is 0. The minimum atomic E-state index is -0.442. The molecular formula is C17H37NO3. The zero-order chi connectivity index (χ0) is 16.0. The average molecular weight is 303 g/mol. The highest BCUT2D eigenvalue weighted by molar-refractivity contribution is 4.72. The number of hydrogen-bond acceptors (Lipinski definition) is 4. The van der Waals surface area contributed by atoms with E-state index in [0.717, 1.165) is 19.6 Å². The Kier molecular flexibility index (Phi) is 13.4. The Labute approximate surface area is 131 Å². The third kappa shape index (κ3) is 14.5. The molecule has 0 amide bonds. The molecule has 2 N–H and O–H groups in total. The lowest BCUT2D eigenvalue weighted by Crippen LogP contribution is -2.41. The van der Waals surface area contributed by atoms with Gasteiger partial charge in [0.05, 0.1) is 18.3 Å². The maximum Gasteiger partial charge on any atom is 0.0897 e. The lowest BCUT2D eigenvalue weighted by atomic mass is 10.1. The molecule has 0 saturated heterocycles. The lowest BCUT2D eigenvalue weighted by Gasteiger charge is -2.25. The molecule has 0 aliphatic rings. The van der Waals surface area contributed by atoms with Gasteiger partial charge >= 0.3 is 0 Å². The van der Waals surface area contributed by atoms with Gasteiger partial charge in [-0.1, -0.05) is 39.0 Å². The van der Waals surface area contributed by atoms with Crippen LogP contribution in [0.25, 0.3) is 0 Å². The monoisotopic (exact) mass is 303 g/mol. The molecule has 0 aromatic heterocycles. The van der Waals surface area contributed by atoms with Crippen LogP contribution in [0.4, 0.5) is 0 Å². The number of aliphatic hydroxyl groups is 1. The zero-order valence-corrected chi connectivity index (χ0v) is 14.6. The van der Waals surface area contributed by atoms with Crippen LogP contribution in [0.1, 0.15) is 66.2 Å². The summed E-state index contributed by atoms with van der Waals surface area (Å²) >= 11 is 0. The quantitative estimate of drug-likeness (QED) is 0.456. The van der Waals surface area contributed by atoms with Crippen molar-refractivity contribution in [2.45, 2.75) is 77.9 Å². The van der Waals surface area contributed by atoms with Crippen molar-refractivity contribution in [2.75, 3.05) is 32.9 Å². The summed E-state index contributed by atoms with van der Waals surface area (Å²) < 4.78 is 11.1. The van der Waals surface area contributed by atoms with Crippen LogP contribution in [0.15, 0.2) is 0 Å². The predicted octanol–water partition coefficient (Wildman–Crippen LogP) is 3.13. The molecule has 0 spiro atoms. The van der Waals surface area contributed by atoms with Gasteiger partial charge in [-0.3, -0.25) is 0 Å². The van der Waals surface area contributed by atoms with Crippen molar-refractivity contribution in [3.05, 3.63) is 0 Å². The third-order valence-corrected chi connectivity index (χ3v) is 3.42. The molecule has 128 valence electrons. The van der Waals surface area contributed by atoms with Crippen molar-refractivity contribution in [1.29, 1.82) is 0 Å². The summed E-state index contributed by atoms with van der Waals surface area (Å²) in [6, 6.07) is 0. The van der Waals surface area contributed by atoms with E-state index in [0.29, 0.717) is 19.8 Å². The summed E-state index contributed by atoms with van der Waals surface area (Å²) in [5.74, 6) is 0. The Morgan fingerprint density at radius 1 is 1.05 bits per heavy atom. The van der Waals surface area contributed by atoms with Gasteiger partial charge in [0, 0.05) is 26.3 Å². The maximum atomic E-state index is 9.82. The maximum absolute atomic E-state index is 9.82. The van der Waals surface area contributed by atoms with Crippen LogP contribution in [-0.4, -0.2) is 49.7 Å². The van der Waals surface area contributed by atoms with E-state index in [2.05, 4.69) is 12.2 Å². The summed E-state index contributed by atoms with van der Waals surface area (Å²) in [5.41, 5.74) is -0.187. The van der Waals surface area contributed by atoms with E-state index in [1.807, 2.05) is 20.8 Å². The Balaban J connectivity index is 3.36. The largest absolute Gasteiger partial charge is 0.389 e.